The maximum atomic E-state index is 12.7. The molecule has 1 aliphatic rings. The highest BCUT2D eigenvalue weighted by Gasteiger charge is 2.23. The predicted molar refractivity (Wildman–Crippen MR) is 120 cm³/mol. The van der Waals surface area contributed by atoms with Crippen molar-refractivity contribution in [1.82, 2.24) is 5.32 Å². The largest absolute Gasteiger partial charge is 0.349 e. The van der Waals surface area contributed by atoms with Gasteiger partial charge in [-0.15, -0.1) is 23.5 Å². The zero-order valence-corrected chi connectivity index (χ0v) is 17.2. The minimum absolute atomic E-state index is 0.105. The molecule has 3 aromatic carbocycles. The maximum absolute atomic E-state index is 12.7. The summed E-state index contributed by atoms with van der Waals surface area (Å²) >= 11 is 3.56. The van der Waals surface area contributed by atoms with Crippen LogP contribution in [0.15, 0.2) is 89.8 Å². The average molecular weight is 406 g/mol. The number of nitrogens with one attached hydrogen (secondary N) is 1. The second-order valence-corrected chi connectivity index (χ2v) is 9.04. The Bertz CT molecular complexity index is 875. The third kappa shape index (κ3) is 4.62. The molecule has 1 aliphatic heterocycles. The van der Waals surface area contributed by atoms with Gasteiger partial charge in [-0.1, -0.05) is 78.9 Å². The number of benzene rings is 3. The molecule has 1 unspecified atom stereocenters. The second-order valence-electron chi connectivity index (χ2n) is 6.81. The van der Waals surface area contributed by atoms with Gasteiger partial charge in [0.1, 0.15) is 0 Å². The SMILES string of the molecule is O=C(CSC(c1ccccc1)c1ccccc1)NC1CCSc2ccccc21. The first-order chi connectivity index (χ1) is 13.8. The van der Waals surface area contributed by atoms with E-state index in [0.717, 1.165) is 12.2 Å². The summed E-state index contributed by atoms with van der Waals surface area (Å²) in [7, 11) is 0. The number of hydrogen-bond acceptors (Lipinski definition) is 3. The lowest BCUT2D eigenvalue weighted by Crippen LogP contribution is -2.32. The van der Waals surface area contributed by atoms with Crippen LogP contribution in [0.5, 0.6) is 0 Å². The van der Waals surface area contributed by atoms with Gasteiger partial charge in [-0.3, -0.25) is 4.79 Å². The number of amides is 1. The number of carbonyl (C=O) groups is 1. The lowest BCUT2D eigenvalue weighted by atomic mass is 10.0. The first-order valence-electron chi connectivity index (χ1n) is 9.54. The van der Waals surface area contributed by atoms with Crippen molar-refractivity contribution >= 4 is 29.4 Å². The summed E-state index contributed by atoms with van der Waals surface area (Å²) in [6.07, 6.45) is 0.985. The molecule has 0 spiro atoms. The smallest absolute Gasteiger partial charge is 0.230 e. The van der Waals surface area contributed by atoms with Crippen LogP contribution in [0, 0.1) is 0 Å². The molecule has 142 valence electrons. The first-order valence-corrected chi connectivity index (χ1v) is 11.6. The van der Waals surface area contributed by atoms with E-state index in [1.54, 1.807) is 11.8 Å². The Kier molecular flexibility index (Phi) is 6.40. The molecule has 2 nitrogen and oxygen atoms in total. The van der Waals surface area contributed by atoms with Gasteiger partial charge < -0.3 is 5.32 Å². The Hall–Kier alpha value is -2.17. The van der Waals surface area contributed by atoms with Crippen LogP contribution in [0.25, 0.3) is 0 Å². The first kappa shape index (κ1) is 19.2. The minimum atomic E-state index is 0.105. The van der Waals surface area contributed by atoms with Crippen molar-refractivity contribution in [3.05, 3.63) is 102 Å². The molecule has 4 heteroatoms. The van der Waals surface area contributed by atoms with Gasteiger partial charge in [-0.25, -0.2) is 0 Å². The van der Waals surface area contributed by atoms with Gasteiger partial charge >= 0.3 is 0 Å². The summed E-state index contributed by atoms with van der Waals surface area (Å²) in [5.74, 6) is 1.60. The molecule has 0 aliphatic carbocycles. The Morgan fingerprint density at radius 3 is 2.21 bits per heavy atom. The topological polar surface area (TPSA) is 29.1 Å². The van der Waals surface area contributed by atoms with Gasteiger partial charge in [0, 0.05) is 10.6 Å². The summed E-state index contributed by atoms with van der Waals surface area (Å²) < 4.78 is 0. The van der Waals surface area contributed by atoms with Crippen molar-refractivity contribution in [1.29, 1.82) is 0 Å². The molecule has 0 aromatic heterocycles. The van der Waals surface area contributed by atoms with Crippen LogP contribution in [-0.4, -0.2) is 17.4 Å². The van der Waals surface area contributed by atoms with Crippen molar-refractivity contribution in [2.24, 2.45) is 0 Å². The molecule has 0 bridgehead atoms. The van der Waals surface area contributed by atoms with Crippen LogP contribution in [0.1, 0.15) is 34.4 Å². The van der Waals surface area contributed by atoms with Gasteiger partial charge in [-0.05, 0) is 29.2 Å². The fourth-order valence-corrected chi connectivity index (χ4v) is 5.75. The van der Waals surface area contributed by atoms with Crippen molar-refractivity contribution < 1.29 is 4.79 Å². The molecule has 3 aromatic rings. The van der Waals surface area contributed by atoms with E-state index in [1.807, 2.05) is 23.9 Å². The molecule has 0 saturated heterocycles. The molecule has 1 atom stereocenters. The molecule has 28 heavy (non-hydrogen) atoms. The summed E-state index contributed by atoms with van der Waals surface area (Å²) in [4.78, 5) is 14.0. The summed E-state index contributed by atoms with van der Waals surface area (Å²) in [6, 6.07) is 29.4. The van der Waals surface area contributed by atoms with E-state index in [9.17, 15) is 4.79 Å². The van der Waals surface area contributed by atoms with Crippen molar-refractivity contribution in [2.75, 3.05) is 11.5 Å². The van der Waals surface area contributed by atoms with E-state index >= 15 is 0 Å². The third-order valence-electron chi connectivity index (χ3n) is 4.88. The quantitative estimate of drug-likeness (QED) is 0.557. The zero-order valence-electron chi connectivity index (χ0n) is 15.6. The molecule has 1 N–H and O–H groups in total. The summed E-state index contributed by atoms with van der Waals surface area (Å²) in [6.45, 7) is 0. The normalized spacial score (nSPS) is 15.8. The standard InChI is InChI=1S/C24H23NOS2/c26-23(25-21-15-16-27-22-14-8-7-13-20(21)22)17-28-24(18-9-3-1-4-10-18)19-11-5-2-6-12-19/h1-14,21,24H,15-17H2,(H,25,26). The fraction of sp³-hybridized carbons (Fsp3) is 0.208. The molecule has 0 fully saturated rings. The molecule has 4 rings (SSSR count). The fourth-order valence-electron chi connectivity index (χ4n) is 3.53. The van der Waals surface area contributed by atoms with E-state index in [0.29, 0.717) is 5.75 Å². The van der Waals surface area contributed by atoms with Crippen molar-refractivity contribution in [3.63, 3.8) is 0 Å². The molecule has 1 amide bonds. The molecular weight excluding hydrogens is 382 g/mol. The monoisotopic (exact) mass is 405 g/mol. The highest BCUT2D eigenvalue weighted by atomic mass is 32.2. The van der Waals surface area contributed by atoms with E-state index in [-0.39, 0.29) is 17.2 Å². The van der Waals surface area contributed by atoms with Crippen LogP contribution in [0.2, 0.25) is 0 Å². The van der Waals surface area contributed by atoms with E-state index in [2.05, 4.69) is 78.1 Å². The van der Waals surface area contributed by atoms with Crippen LogP contribution in [0.3, 0.4) is 0 Å². The van der Waals surface area contributed by atoms with Crippen LogP contribution in [0.4, 0.5) is 0 Å². The Balaban J connectivity index is 1.44. The summed E-state index contributed by atoms with van der Waals surface area (Å²) in [5, 5.41) is 3.42. The number of thioether (sulfide) groups is 2. The van der Waals surface area contributed by atoms with Gasteiger partial charge in [0.05, 0.1) is 17.0 Å². The Morgan fingerprint density at radius 1 is 0.929 bits per heavy atom. The molecular formula is C24H23NOS2. The number of carbonyl (C=O) groups excluding carboxylic acids is 1. The Morgan fingerprint density at radius 2 is 1.54 bits per heavy atom. The minimum Gasteiger partial charge on any atom is -0.349 e. The predicted octanol–water partition coefficient (Wildman–Crippen LogP) is 5.86. The Labute approximate surface area is 175 Å². The summed E-state index contributed by atoms with van der Waals surface area (Å²) in [5.41, 5.74) is 3.71. The van der Waals surface area contributed by atoms with Gasteiger partial charge in [-0.2, -0.15) is 0 Å². The zero-order chi connectivity index (χ0) is 19.2. The lowest BCUT2D eigenvalue weighted by molar-refractivity contribution is -0.119. The number of fused-ring (bicyclic) bond motifs is 1. The molecule has 1 heterocycles. The van der Waals surface area contributed by atoms with Gasteiger partial charge in [0.2, 0.25) is 5.91 Å². The maximum Gasteiger partial charge on any atom is 0.230 e. The molecule has 0 saturated carbocycles. The highest BCUT2D eigenvalue weighted by molar-refractivity contribution is 8.00. The van der Waals surface area contributed by atoms with Crippen LogP contribution >= 0.6 is 23.5 Å². The van der Waals surface area contributed by atoms with Crippen LogP contribution < -0.4 is 5.32 Å². The second kappa shape index (κ2) is 9.35. The highest BCUT2D eigenvalue weighted by Crippen LogP contribution is 2.37. The van der Waals surface area contributed by atoms with E-state index in [4.69, 9.17) is 0 Å². The van der Waals surface area contributed by atoms with Gasteiger partial charge in [0.25, 0.3) is 0 Å². The average Bonchev–Trinajstić information content (AvgIpc) is 2.76. The van der Waals surface area contributed by atoms with E-state index < -0.39 is 0 Å². The van der Waals surface area contributed by atoms with Crippen molar-refractivity contribution in [3.8, 4) is 0 Å². The van der Waals surface area contributed by atoms with Crippen LogP contribution in [-0.2, 0) is 4.79 Å². The van der Waals surface area contributed by atoms with Crippen molar-refractivity contribution in [2.45, 2.75) is 22.6 Å². The number of rotatable bonds is 6. The third-order valence-corrected chi connectivity index (χ3v) is 7.31. The number of hydrogen-bond donors (Lipinski definition) is 1. The molecule has 0 radical (unpaired) electrons. The van der Waals surface area contributed by atoms with E-state index in [1.165, 1.54) is 21.6 Å². The van der Waals surface area contributed by atoms with Gasteiger partial charge in [0.15, 0.2) is 0 Å². The lowest BCUT2D eigenvalue weighted by Gasteiger charge is -2.26.